The summed E-state index contributed by atoms with van der Waals surface area (Å²) in [6, 6.07) is 0. The lowest BCUT2D eigenvalue weighted by atomic mass is 9.82. The van der Waals surface area contributed by atoms with Gasteiger partial charge in [0.15, 0.2) is 0 Å². The maximum Gasteiger partial charge on any atom is 0.0808 e. The quantitative estimate of drug-likeness (QED) is 0.536. The van der Waals surface area contributed by atoms with Crippen LogP contribution in [0, 0.1) is 10.8 Å². The third-order valence-electron chi connectivity index (χ3n) is 2.79. The van der Waals surface area contributed by atoms with Crippen LogP contribution in [0.1, 0.15) is 48.0 Å². The van der Waals surface area contributed by atoms with Crippen LogP contribution in [0.4, 0.5) is 0 Å². The molecule has 82 valence electrons. The summed E-state index contributed by atoms with van der Waals surface area (Å²) in [6.45, 7) is 13.4. The summed E-state index contributed by atoms with van der Waals surface area (Å²) < 4.78 is 6.13. The topological polar surface area (TPSA) is 9.23 Å². The Labute approximate surface area is 88.5 Å². The fourth-order valence-electron chi connectivity index (χ4n) is 1.65. The van der Waals surface area contributed by atoms with Gasteiger partial charge in [0.05, 0.1) is 12.2 Å². The molecule has 14 heavy (non-hydrogen) atoms. The molecular weight excluding hydrogens is 172 g/mol. The van der Waals surface area contributed by atoms with Crippen molar-refractivity contribution in [2.24, 2.45) is 10.8 Å². The molecule has 0 saturated carbocycles. The van der Waals surface area contributed by atoms with E-state index in [0.717, 1.165) is 6.42 Å². The predicted molar refractivity (Wildman–Crippen MR) is 61.3 cm³/mol. The van der Waals surface area contributed by atoms with Gasteiger partial charge in [0, 0.05) is 0 Å². The van der Waals surface area contributed by atoms with Gasteiger partial charge in [-0.1, -0.05) is 53.7 Å². The van der Waals surface area contributed by atoms with E-state index in [1.54, 1.807) is 0 Å². The van der Waals surface area contributed by atoms with E-state index in [1.807, 2.05) is 0 Å². The van der Waals surface area contributed by atoms with Crippen LogP contribution in [-0.2, 0) is 4.74 Å². The van der Waals surface area contributed by atoms with Gasteiger partial charge < -0.3 is 4.74 Å². The second kappa shape index (κ2) is 3.69. The molecule has 0 aromatic heterocycles. The largest absolute Gasteiger partial charge is 0.370 e. The first kappa shape index (κ1) is 11.8. The molecule has 0 aliphatic carbocycles. The highest BCUT2D eigenvalue weighted by Gasteiger charge is 2.33. The third-order valence-corrected chi connectivity index (χ3v) is 2.79. The lowest BCUT2D eigenvalue weighted by molar-refractivity contribution is -0.0897. The minimum absolute atomic E-state index is 0.209. The van der Waals surface area contributed by atoms with Crippen molar-refractivity contribution in [1.29, 1.82) is 0 Å². The highest BCUT2D eigenvalue weighted by molar-refractivity contribution is 5.02. The number of hydrogen-bond donors (Lipinski definition) is 0. The first-order valence-electron chi connectivity index (χ1n) is 5.53. The molecule has 0 fully saturated rings. The van der Waals surface area contributed by atoms with E-state index in [2.05, 4.69) is 53.7 Å². The summed E-state index contributed by atoms with van der Waals surface area (Å²) >= 11 is 0. The van der Waals surface area contributed by atoms with Crippen LogP contribution in [0.25, 0.3) is 0 Å². The Morgan fingerprint density at radius 1 is 1.00 bits per heavy atom. The Morgan fingerprint density at radius 2 is 1.57 bits per heavy atom. The van der Waals surface area contributed by atoms with Gasteiger partial charge in [0.1, 0.15) is 0 Å². The van der Waals surface area contributed by atoms with Crippen molar-refractivity contribution < 1.29 is 4.74 Å². The monoisotopic (exact) mass is 196 g/mol. The van der Waals surface area contributed by atoms with Gasteiger partial charge in [-0.2, -0.15) is 0 Å². The third kappa shape index (κ3) is 2.84. The highest BCUT2D eigenvalue weighted by atomic mass is 16.5. The summed E-state index contributed by atoms with van der Waals surface area (Å²) in [4.78, 5) is 0. The van der Waals surface area contributed by atoms with Crippen molar-refractivity contribution >= 4 is 0 Å². The van der Waals surface area contributed by atoms with Crippen molar-refractivity contribution in [3.05, 3.63) is 12.2 Å². The summed E-state index contributed by atoms with van der Waals surface area (Å²) in [5.41, 5.74) is 0.453. The predicted octanol–water partition coefficient (Wildman–Crippen LogP) is 3.79. The molecule has 1 rings (SSSR count). The fourth-order valence-corrected chi connectivity index (χ4v) is 1.65. The van der Waals surface area contributed by atoms with Gasteiger partial charge in [-0.15, -0.1) is 0 Å². The average Bonchev–Trinajstić information content (AvgIpc) is 2.01. The lowest BCUT2D eigenvalue weighted by Crippen LogP contribution is -2.39. The molecule has 0 unspecified atom stereocenters. The molecule has 0 bridgehead atoms. The van der Waals surface area contributed by atoms with E-state index in [0.29, 0.717) is 6.10 Å². The molecule has 1 heteroatoms. The van der Waals surface area contributed by atoms with E-state index in [9.17, 15) is 0 Å². The second-order valence-corrected chi connectivity index (χ2v) is 6.44. The minimum atomic E-state index is 0.209. The first-order valence-corrected chi connectivity index (χ1v) is 5.53. The second-order valence-electron chi connectivity index (χ2n) is 6.44. The number of rotatable bonds is 0. The van der Waals surface area contributed by atoms with E-state index in [1.165, 1.54) is 0 Å². The first-order chi connectivity index (χ1) is 6.21. The Hall–Kier alpha value is -0.300. The van der Waals surface area contributed by atoms with Crippen LogP contribution in [0.2, 0.25) is 0 Å². The van der Waals surface area contributed by atoms with E-state index in [4.69, 9.17) is 4.74 Å². The van der Waals surface area contributed by atoms with Crippen molar-refractivity contribution in [3.63, 3.8) is 0 Å². The summed E-state index contributed by atoms with van der Waals surface area (Å²) in [5, 5.41) is 0. The summed E-state index contributed by atoms with van der Waals surface area (Å²) in [6.07, 6.45) is 6.16. The Kier molecular flexibility index (Phi) is 3.10. The normalized spacial score (nSPS) is 29.3. The Morgan fingerprint density at radius 3 is 2.00 bits per heavy atom. The van der Waals surface area contributed by atoms with Gasteiger partial charge in [-0.25, -0.2) is 0 Å². The molecule has 0 aromatic rings. The Bertz CT molecular complexity index is 214. The molecule has 0 N–H and O–H groups in total. The Balaban J connectivity index is 2.71. The zero-order valence-corrected chi connectivity index (χ0v) is 10.4. The maximum absolute atomic E-state index is 6.13. The smallest absolute Gasteiger partial charge is 0.0808 e. The van der Waals surface area contributed by atoms with E-state index >= 15 is 0 Å². The molecule has 0 spiro atoms. The number of ether oxygens (including phenoxy) is 1. The molecule has 0 aromatic carbocycles. The molecule has 1 nitrogen and oxygen atoms in total. The van der Waals surface area contributed by atoms with Crippen LogP contribution in [0.15, 0.2) is 12.2 Å². The zero-order valence-electron chi connectivity index (χ0n) is 10.4. The fraction of sp³-hybridized carbons (Fsp3) is 0.846. The maximum atomic E-state index is 6.13. The van der Waals surface area contributed by atoms with E-state index < -0.39 is 0 Å². The van der Waals surface area contributed by atoms with Crippen LogP contribution >= 0.6 is 0 Å². The van der Waals surface area contributed by atoms with Crippen LogP contribution in [-0.4, -0.2) is 12.2 Å². The zero-order chi connectivity index (χ0) is 11.0. The molecule has 2 atom stereocenters. The molecule has 1 aliphatic rings. The number of hydrogen-bond acceptors (Lipinski definition) is 1. The highest BCUT2D eigenvalue weighted by Crippen LogP contribution is 2.34. The van der Waals surface area contributed by atoms with Crippen LogP contribution < -0.4 is 0 Å². The SMILES string of the molecule is CC(C)(C)[C@@H]1C=CC[C@@H](C(C)(C)C)O1. The molecule has 1 aliphatic heterocycles. The van der Waals surface area contributed by atoms with Crippen molar-refractivity contribution in [1.82, 2.24) is 0 Å². The average molecular weight is 196 g/mol. The molecule has 0 amide bonds. The molecule has 0 saturated heterocycles. The van der Waals surface area contributed by atoms with Crippen LogP contribution in [0.5, 0.6) is 0 Å². The standard InChI is InChI=1S/C13H24O/c1-12(2,3)10-8-7-9-11(14-10)13(4,5)6/h7-8,10-11H,9H2,1-6H3/t10-,11-/m0/s1. The molecule has 0 radical (unpaired) electrons. The molecular formula is C13H24O. The molecule has 1 heterocycles. The van der Waals surface area contributed by atoms with Gasteiger partial charge in [0.2, 0.25) is 0 Å². The summed E-state index contributed by atoms with van der Waals surface area (Å²) in [7, 11) is 0. The van der Waals surface area contributed by atoms with Gasteiger partial charge in [-0.05, 0) is 17.3 Å². The minimum Gasteiger partial charge on any atom is -0.370 e. The lowest BCUT2D eigenvalue weighted by Gasteiger charge is -2.40. The van der Waals surface area contributed by atoms with Crippen molar-refractivity contribution in [2.45, 2.75) is 60.2 Å². The van der Waals surface area contributed by atoms with Gasteiger partial charge >= 0.3 is 0 Å². The van der Waals surface area contributed by atoms with E-state index in [-0.39, 0.29) is 16.9 Å². The summed E-state index contributed by atoms with van der Waals surface area (Å²) in [5.74, 6) is 0. The van der Waals surface area contributed by atoms with Crippen molar-refractivity contribution in [3.8, 4) is 0 Å². The van der Waals surface area contributed by atoms with Crippen LogP contribution in [0.3, 0.4) is 0 Å². The van der Waals surface area contributed by atoms with Crippen molar-refractivity contribution in [2.75, 3.05) is 0 Å². The van der Waals surface area contributed by atoms with Gasteiger partial charge in [0.25, 0.3) is 0 Å². The van der Waals surface area contributed by atoms with Gasteiger partial charge in [-0.3, -0.25) is 0 Å².